The van der Waals surface area contributed by atoms with E-state index in [1.807, 2.05) is 54.8 Å². The van der Waals surface area contributed by atoms with Crippen LogP contribution in [0, 0.1) is 6.92 Å². The molecule has 0 aliphatic carbocycles. The van der Waals surface area contributed by atoms with Crippen molar-refractivity contribution in [3.63, 3.8) is 0 Å². The first-order valence-corrected chi connectivity index (χ1v) is 9.95. The van der Waals surface area contributed by atoms with Gasteiger partial charge in [-0.15, -0.1) is 11.3 Å². The normalized spacial score (nSPS) is 11.2. The summed E-state index contributed by atoms with van der Waals surface area (Å²) in [5, 5.41) is 7.02. The van der Waals surface area contributed by atoms with E-state index in [4.69, 9.17) is 0 Å². The highest BCUT2D eigenvalue weighted by Gasteiger charge is 2.16. The number of carbonyl (C=O) groups excluding carboxylic acids is 1. The van der Waals surface area contributed by atoms with Crippen LogP contribution in [0.1, 0.15) is 16.1 Å². The van der Waals surface area contributed by atoms with E-state index in [0.29, 0.717) is 21.6 Å². The van der Waals surface area contributed by atoms with Gasteiger partial charge in [0.25, 0.3) is 5.91 Å². The predicted octanol–water partition coefficient (Wildman–Crippen LogP) is 4.69. The van der Waals surface area contributed by atoms with Gasteiger partial charge in [0.15, 0.2) is 5.13 Å². The molecule has 0 saturated heterocycles. The Labute approximate surface area is 169 Å². The Hall–Kier alpha value is -3.71. The van der Waals surface area contributed by atoms with Crippen molar-refractivity contribution in [1.82, 2.24) is 15.0 Å². The van der Waals surface area contributed by atoms with Crippen LogP contribution in [-0.2, 0) is 0 Å². The number of amides is 1. The minimum atomic E-state index is -0.358. The summed E-state index contributed by atoms with van der Waals surface area (Å²) >= 11 is 1.35. The third-order valence-electron chi connectivity index (χ3n) is 4.87. The number of hydrogen-bond donors (Lipinski definition) is 3. The largest absolute Gasteiger partial charge is 0.358 e. The Morgan fingerprint density at radius 1 is 1.00 bits per heavy atom. The Kier molecular flexibility index (Phi) is 4.03. The highest BCUT2D eigenvalue weighted by Crippen LogP contribution is 2.34. The van der Waals surface area contributed by atoms with Gasteiger partial charge in [0.1, 0.15) is 0 Å². The number of hydrogen-bond acceptors (Lipinski definition) is 4. The van der Waals surface area contributed by atoms with Gasteiger partial charge in [0.2, 0.25) is 5.56 Å². The van der Waals surface area contributed by atoms with Crippen molar-refractivity contribution < 1.29 is 4.79 Å². The van der Waals surface area contributed by atoms with Crippen LogP contribution in [0.25, 0.3) is 33.1 Å². The molecule has 0 aliphatic rings. The zero-order chi connectivity index (χ0) is 20.0. The van der Waals surface area contributed by atoms with Crippen LogP contribution in [0.5, 0.6) is 0 Å². The van der Waals surface area contributed by atoms with Gasteiger partial charge in [0.05, 0.1) is 11.3 Å². The van der Waals surface area contributed by atoms with Crippen molar-refractivity contribution in [2.24, 2.45) is 0 Å². The van der Waals surface area contributed by atoms with E-state index in [9.17, 15) is 9.59 Å². The van der Waals surface area contributed by atoms with Gasteiger partial charge in [-0.3, -0.25) is 14.9 Å². The number of rotatable bonds is 3. The topological polar surface area (TPSA) is 90.6 Å². The summed E-state index contributed by atoms with van der Waals surface area (Å²) in [6.45, 7) is 2.01. The second-order valence-electron chi connectivity index (χ2n) is 6.76. The lowest BCUT2D eigenvalue weighted by molar-refractivity contribution is 0.102. The second kappa shape index (κ2) is 6.72. The van der Waals surface area contributed by atoms with Gasteiger partial charge < -0.3 is 9.97 Å². The predicted molar refractivity (Wildman–Crippen MR) is 117 cm³/mol. The number of H-pyrrole nitrogens is 2. The molecule has 0 spiro atoms. The fourth-order valence-electron chi connectivity index (χ4n) is 3.61. The van der Waals surface area contributed by atoms with E-state index in [2.05, 4.69) is 20.3 Å². The fourth-order valence-corrected chi connectivity index (χ4v) is 4.31. The minimum absolute atomic E-state index is 0.317. The van der Waals surface area contributed by atoms with Crippen LogP contribution in [0.3, 0.4) is 0 Å². The Bertz CT molecular complexity index is 1440. The molecule has 0 fully saturated rings. The number of carbonyl (C=O) groups is 1. The number of thiazole rings is 1. The number of fused-ring (bicyclic) bond motifs is 2. The van der Waals surface area contributed by atoms with Crippen LogP contribution in [-0.4, -0.2) is 20.9 Å². The van der Waals surface area contributed by atoms with Crippen molar-refractivity contribution in [2.75, 3.05) is 5.32 Å². The molecule has 29 heavy (non-hydrogen) atoms. The van der Waals surface area contributed by atoms with E-state index < -0.39 is 0 Å². The summed E-state index contributed by atoms with van der Waals surface area (Å²) in [5.41, 5.74) is 4.53. The van der Waals surface area contributed by atoms with Crippen LogP contribution in [0.2, 0.25) is 0 Å². The summed E-state index contributed by atoms with van der Waals surface area (Å²) < 4.78 is 0. The number of anilines is 1. The fraction of sp³-hybridized carbons (Fsp3) is 0.0455. The number of benzene rings is 2. The molecule has 0 unspecified atom stereocenters. The third-order valence-corrected chi connectivity index (χ3v) is 5.63. The highest BCUT2D eigenvalue weighted by molar-refractivity contribution is 7.14. The molecule has 1 amide bonds. The standard InChI is InChI=1S/C22H16N4O2S/c1-12-20(14-7-3-5-9-17(14)23-12)18-11-29-22(25-18)26-21(28)15-10-19(27)24-16-8-4-2-6-13(15)16/h2-11,23H,1H3,(H,24,27)(H,25,26,28). The SMILES string of the molecule is Cc1[nH]c2ccccc2c1-c1csc(NC(=O)c2cc(=O)[nH]c3ccccc23)n1. The second-order valence-corrected chi connectivity index (χ2v) is 7.61. The number of para-hydroxylation sites is 2. The van der Waals surface area contributed by atoms with E-state index in [1.165, 1.54) is 17.4 Å². The zero-order valence-corrected chi connectivity index (χ0v) is 16.3. The molecule has 6 nitrogen and oxygen atoms in total. The molecule has 0 radical (unpaired) electrons. The molecular formula is C22H16N4O2S. The molecule has 0 saturated carbocycles. The summed E-state index contributed by atoms with van der Waals surface area (Å²) in [6, 6.07) is 16.6. The molecular weight excluding hydrogens is 384 g/mol. The van der Waals surface area contributed by atoms with Crippen molar-refractivity contribution in [3.05, 3.63) is 81.6 Å². The van der Waals surface area contributed by atoms with Gasteiger partial charge in [-0.05, 0) is 19.1 Å². The Balaban J connectivity index is 1.50. The summed E-state index contributed by atoms with van der Waals surface area (Å²) in [6.07, 6.45) is 0. The number of aryl methyl sites for hydroxylation is 1. The molecule has 5 aromatic rings. The monoisotopic (exact) mass is 400 g/mol. The van der Waals surface area contributed by atoms with Crippen LogP contribution >= 0.6 is 11.3 Å². The van der Waals surface area contributed by atoms with Crippen molar-refractivity contribution in [3.8, 4) is 11.3 Å². The molecule has 3 N–H and O–H groups in total. The van der Waals surface area contributed by atoms with Gasteiger partial charge in [-0.25, -0.2) is 4.98 Å². The summed E-state index contributed by atoms with van der Waals surface area (Å²) in [5.74, 6) is -0.358. The van der Waals surface area contributed by atoms with Crippen molar-refractivity contribution in [2.45, 2.75) is 6.92 Å². The first kappa shape index (κ1) is 17.4. The molecule has 5 rings (SSSR count). The smallest absolute Gasteiger partial charge is 0.258 e. The third kappa shape index (κ3) is 3.01. The highest BCUT2D eigenvalue weighted by atomic mass is 32.1. The molecule has 0 atom stereocenters. The van der Waals surface area contributed by atoms with Gasteiger partial charge in [0, 0.05) is 44.5 Å². The molecule has 0 bridgehead atoms. The van der Waals surface area contributed by atoms with Crippen molar-refractivity contribution in [1.29, 1.82) is 0 Å². The maximum Gasteiger partial charge on any atom is 0.258 e. The van der Waals surface area contributed by atoms with Gasteiger partial charge >= 0.3 is 0 Å². The van der Waals surface area contributed by atoms with Crippen molar-refractivity contribution >= 4 is 44.2 Å². The first-order valence-electron chi connectivity index (χ1n) is 9.07. The summed E-state index contributed by atoms with van der Waals surface area (Å²) in [7, 11) is 0. The maximum absolute atomic E-state index is 12.9. The first-order chi connectivity index (χ1) is 14.1. The van der Waals surface area contributed by atoms with E-state index in [0.717, 1.165) is 27.9 Å². The molecule has 3 aromatic heterocycles. The lowest BCUT2D eigenvalue weighted by Crippen LogP contribution is -2.16. The van der Waals surface area contributed by atoms with E-state index in [1.54, 1.807) is 6.07 Å². The minimum Gasteiger partial charge on any atom is -0.358 e. The molecule has 142 valence electrons. The average Bonchev–Trinajstić information content (AvgIpc) is 3.29. The number of nitrogens with zero attached hydrogens (tertiary/aromatic N) is 1. The lowest BCUT2D eigenvalue weighted by Gasteiger charge is -2.05. The molecule has 2 aromatic carbocycles. The van der Waals surface area contributed by atoms with Crippen LogP contribution in [0.4, 0.5) is 5.13 Å². The van der Waals surface area contributed by atoms with E-state index >= 15 is 0 Å². The average molecular weight is 400 g/mol. The van der Waals surface area contributed by atoms with Gasteiger partial charge in [-0.1, -0.05) is 36.4 Å². The maximum atomic E-state index is 12.9. The molecule has 3 heterocycles. The lowest BCUT2D eigenvalue weighted by atomic mass is 10.1. The van der Waals surface area contributed by atoms with Crippen LogP contribution < -0.4 is 10.9 Å². The quantitative estimate of drug-likeness (QED) is 0.410. The number of pyridine rings is 1. The molecule has 7 heteroatoms. The summed E-state index contributed by atoms with van der Waals surface area (Å²) in [4.78, 5) is 35.5. The Morgan fingerprint density at radius 2 is 1.69 bits per heavy atom. The van der Waals surface area contributed by atoms with Crippen LogP contribution in [0.15, 0.2) is 64.8 Å². The molecule has 0 aliphatic heterocycles. The Morgan fingerprint density at radius 3 is 2.48 bits per heavy atom. The van der Waals surface area contributed by atoms with Gasteiger partial charge in [-0.2, -0.15) is 0 Å². The number of aromatic amines is 2. The zero-order valence-electron chi connectivity index (χ0n) is 15.4. The van der Waals surface area contributed by atoms with E-state index in [-0.39, 0.29) is 11.5 Å². The number of nitrogens with one attached hydrogen (secondary N) is 3. The number of aromatic nitrogens is 3.